The molecular formula is C13H18N2O5. The molecule has 1 rings (SSSR count). The zero-order valence-electron chi connectivity index (χ0n) is 11.6. The third-order valence-electron chi connectivity index (χ3n) is 2.71. The number of carbonyl (C=O) groups is 3. The minimum absolute atomic E-state index is 0.124. The highest BCUT2D eigenvalue weighted by molar-refractivity contribution is 5.94. The van der Waals surface area contributed by atoms with E-state index in [2.05, 4.69) is 5.32 Å². The lowest BCUT2D eigenvalue weighted by atomic mass is 10.0. The summed E-state index contributed by atoms with van der Waals surface area (Å²) < 4.78 is 4.94. The molecule has 1 aromatic heterocycles. The van der Waals surface area contributed by atoms with Gasteiger partial charge in [0, 0.05) is 7.05 Å². The maximum atomic E-state index is 11.8. The number of rotatable bonds is 6. The van der Waals surface area contributed by atoms with Gasteiger partial charge in [0.2, 0.25) is 5.91 Å². The first-order chi connectivity index (χ1) is 9.32. The summed E-state index contributed by atoms with van der Waals surface area (Å²) in [6.45, 7) is 3.14. The van der Waals surface area contributed by atoms with Gasteiger partial charge >= 0.3 is 5.97 Å². The van der Waals surface area contributed by atoms with Gasteiger partial charge in [-0.3, -0.25) is 9.59 Å². The van der Waals surface area contributed by atoms with Crippen LogP contribution in [0.4, 0.5) is 0 Å². The molecule has 1 aromatic rings. The Morgan fingerprint density at radius 2 is 2.05 bits per heavy atom. The second kappa shape index (κ2) is 6.74. The lowest BCUT2D eigenvalue weighted by molar-refractivity contribution is -0.143. The second-order valence-electron chi connectivity index (χ2n) is 4.77. The number of amides is 2. The molecule has 2 amide bonds. The van der Waals surface area contributed by atoms with Gasteiger partial charge in [-0.2, -0.15) is 0 Å². The van der Waals surface area contributed by atoms with Crippen molar-refractivity contribution in [3.8, 4) is 0 Å². The van der Waals surface area contributed by atoms with Crippen LogP contribution in [0.2, 0.25) is 0 Å². The van der Waals surface area contributed by atoms with Crippen LogP contribution in [0.5, 0.6) is 0 Å². The monoisotopic (exact) mass is 282 g/mol. The van der Waals surface area contributed by atoms with Crippen LogP contribution >= 0.6 is 0 Å². The molecule has 0 unspecified atom stereocenters. The number of carbonyl (C=O) groups excluding carboxylic acids is 2. The van der Waals surface area contributed by atoms with E-state index in [4.69, 9.17) is 9.52 Å². The largest absolute Gasteiger partial charge is 0.480 e. The van der Waals surface area contributed by atoms with Crippen molar-refractivity contribution >= 4 is 17.8 Å². The van der Waals surface area contributed by atoms with Gasteiger partial charge in [-0.1, -0.05) is 13.8 Å². The molecule has 0 saturated heterocycles. The molecule has 0 fully saturated rings. The molecule has 2 N–H and O–H groups in total. The highest BCUT2D eigenvalue weighted by atomic mass is 16.4. The lowest BCUT2D eigenvalue weighted by Crippen LogP contribution is -2.48. The van der Waals surface area contributed by atoms with Crippen LogP contribution in [0.3, 0.4) is 0 Å². The summed E-state index contributed by atoms with van der Waals surface area (Å²) in [4.78, 5) is 35.7. The van der Waals surface area contributed by atoms with Crippen LogP contribution in [-0.4, -0.2) is 47.4 Å². The van der Waals surface area contributed by atoms with Crippen LogP contribution in [0.15, 0.2) is 22.8 Å². The van der Waals surface area contributed by atoms with E-state index in [1.165, 1.54) is 19.4 Å². The van der Waals surface area contributed by atoms with E-state index in [0.29, 0.717) is 0 Å². The smallest absolute Gasteiger partial charge is 0.326 e. The lowest BCUT2D eigenvalue weighted by Gasteiger charge is -2.20. The molecule has 0 radical (unpaired) electrons. The van der Waals surface area contributed by atoms with Crippen molar-refractivity contribution in [1.29, 1.82) is 0 Å². The van der Waals surface area contributed by atoms with E-state index >= 15 is 0 Å². The quantitative estimate of drug-likeness (QED) is 0.795. The Morgan fingerprint density at radius 3 is 2.50 bits per heavy atom. The summed E-state index contributed by atoms with van der Waals surface area (Å²) in [6.07, 6.45) is 1.36. The minimum atomic E-state index is -1.10. The molecule has 0 spiro atoms. The van der Waals surface area contributed by atoms with Gasteiger partial charge in [0.25, 0.3) is 5.91 Å². The number of aliphatic carboxylic acids is 1. The van der Waals surface area contributed by atoms with Gasteiger partial charge in [-0.15, -0.1) is 0 Å². The summed E-state index contributed by atoms with van der Waals surface area (Å²) in [5.41, 5.74) is 0. The zero-order chi connectivity index (χ0) is 15.3. The first-order valence-electron chi connectivity index (χ1n) is 6.14. The van der Waals surface area contributed by atoms with E-state index in [0.717, 1.165) is 4.90 Å². The molecular weight excluding hydrogens is 264 g/mol. The molecule has 0 aliphatic heterocycles. The van der Waals surface area contributed by atoms with Crippen LogP contribution in [0, 0.1) is 5.92 Å². The van der Waals surface area contributed by atoms with Crippen LogP contribution in [0.25, 0.3) is 0 Å². The number of nitrogens with zero attached hydrogens (tertiary/aromatic N) is 1. The summed E-state index contributed by atoms with van der Waals surface area (Å²) in [5.74, 6) is -2.20. The molecule has 20 heavy (non-hydrogen) atoms. The van der Waals surface area contributed by atoms with Gasteiger partial charge < -0.3 is 19.7 Å². The van der Waals surface area contributed by atoms with Gasteiger partial charge in [-0.25, -0.2) is 4.79 Å². The van der Waals surface area contributed by atoms with E-state index in [1.807, 2.05) is 0 Å². The van der Waals surface area contributed by atoms with Crippen molar-refractivity contribution in [2.75, 3.05) is 13.6 Å². The van der Waals surface area contributed by atoms with E-state index in [9.17, 15) is 14.4 Å². The third kappa shape index (κ3) is 4.11. The average molecular weight is 282 g/mol. The molecule has 110 valence electrons. The number of furan rings is 1. The van der Waals surface area contributed by atoms with Crippen molar-refractivity contribution < 1.29 is 23.9 Å². The van der Waals surface area contributed by atoms with Crippen molar-refractivity contribution in [1.82, 2.24) is 10.2 Å². The number of carboxylic acids is 1. The standard InChI is InChI=1S/C13H18N2O5/c1-8(2)11(13(18)19)14-10(16)7-15(3)12(17)9-5-4-6-20-9/h4-6,8,11H,7H2,1-3H3,(H,14,16)(H,18,19)/t11-/m0/s1. The fraction of sp³-hybridized carbons (Fsp3) is 0.462. The maximum absolute atomic E-state index is 11.8. The van der Waals surface area contributed by atoms with Gasteiger partial charge in [0.15, 0.2) is 5.76 Å². The predicted molar refractivity (Wildman–Crippen MR) is 70.1 cm³/mol. The first kappa shape index (κ1) is 15.7. The Kier molecular flexibility index (Phi) is 5.31. The number of hydrogen-bond acceptors (Lipinski definition) is 4. The highest BCUT2D eigenvalue weighted by Gasteiger charge is 2.25. The summed E-state index contributed by atoms with van der Waals surface area (Å²) in [7, 11) is 1.44. The Labute approximate surface area is 116 Å². The predicted octanol–water partition coefficient (Wildman–Crippen LogP) is 0.577. The van der Waals surface area contributed by atoms with Crippen LogP contribution in [-0.2, 0) is 9.59 Å². The van der Waals surface area contributed by atoms with Crippen molar-refractivity contribution in [2.45, 2.75) is 19.9 Å². The molecule has 0 saturated carbocycles. The number of likely N-dealkylation sites (N-methyl/N-ethyl adjacent to an activating group) is 1. The normalized spacial score (nSPS) is 12.0. The molecule has 1 atom stereocenters. The Bertz CT molecular complexity index is 481. The first-order valence-corrected chi connectivity index (χ1v) is 6.14. The molecule has 7 heteroatoms. The average Bonchev–Trinajstić information content (AvgIpc) is 2.87. The Balaban J connectivity index is 2.57. The second-order valence-corrected chi connectivity index (χ2v) is 4.77. The maximum Gasteiger partial charge on any atom is 0.326 e. The fourth-order valence-electron chi connectivity index (χ4n) is 1.61. The van der Waals surface area contributed by atoms with Gasteiger partial charge in [0.05, 0.1) is 12.8 Å². The minimum Gasteiger partial charge on any atom is -0.480 e. The zero-order valence-corrected chi connectivity index (χ0v) is 11.6. The number of nitrogens with one attached hydrogen (secondary N) is 1. The molecule has 1 heterocycles. The van der Waals surface area contributed by atoms with E-state index in [-0.39, 0.29) is 18.2 Å². The van der Waals surface area contributed by atoms with Crippen molar-refractivity contribution in [3.05, 3.63) is 24.2 Å². The molecule has 7 nitrogen and oxygen atoms in total. The molecule has 0 aromatic carbocycles. The third-order valence-corrected chi connectivity index (χ3v) is 2.71. The highest BCUT2D eigenvalue weighted by Crippen LogP contribution is 2.05. The molecule has 0 aliphatic rings. The summed E-state index contributed by atoms with van der Waals surface area (Å²) >= 11 is 0. The van der Waals surface area contributed by atoms with Crippen LogP contribution in [0.1, 0.15) is 24.4 Å². The van der Waals surface area contributed by atoms with E-state index < -0.39 is 23.8 Å². The Hall–Kier alpha value is -2.31. The Morgan fingerprint density at radius 1 is 1.40 bits per heavy atom. The van der Waals surface area contributed by atoms with Gasteiger partial charge in [0.1, 0.15) is 6.04 Å². The molecule has 0 aliphatic carbocycles. The van der Waals surface area contributed by atoms with E-state index in [1.54, 1.807) is 19.9 Å². The van der Waals surface area contributed by atoms with Crippen molar-refractivity contribution in [3.63, 3.8) is 0 Å². The fourth-order valence-corrected chi connectivity index (χ4v) is 1.61. The van der Waals surface area contributed by atoms with Gasteiger partial charge in [-0.05, 0) is 18.1 Å². The topological polar surface area (TPSA) is 99.9 Å². The number of carboxylic acid groups (broad SMARTS) is 1. The van der Waals surface area contributed by atoms with Crippen LogP contribution < -0.4 is 5.32 Å². The number of hydrogen-bond donors (Lipinski definition) is 2. The van der Waals surface area contributed by atoms with Crippen molar-refractivity contribution in [2.24, 2.45) is 5.92 Å². The SMILES string of the molecule is CC(C)[C@H](NC(=O)CN(C)C(=O)c1ccco1)C(=O)O. The molecule has 0 bridgehead atoms. The summed E-state index contributed by atoms with van der Waals surface area (Å²) in [5, 5.41) is 11.4. The summed E-state index contributed by atoms with van der Waals surface area (Å²) in [6, 6.07) is 2.08.